The second-order valence-corrected chi connectivity index (χ2v) is 5.33. The highest BCUT2D eigenvalue weighted by molar-refractivity contribution is 5.84. The molecule has 1 N–H and O–H groups in total. The Kier molecular flexibility index (Phi) is 4.41. The number of ether oxygens (including phenoxy) is 1. The van der Waals surface area contributed by atoms with E-state index in [1.807, 2.05) is 13.8 Å². The molecule has 0 bridgehead atoms. The molecule has 124 valence electrons. The van der Waals surface area contributed by atoms with Crippen molar-refractivity contribution in [3.8, 4) is 5.88 Å². The predicted molar refractivity (Wildman–Crippen MR) is 85.0 cm³/mol. The first-order chi connectivity index (χ1) is 11.5. The van der Waals surface area contributed by atoms with Crippen LogP contribution in [0.25, 0.3) is 11.1 Å². The van der Waals surface area contributed by atoms with E-state index in [0.29, 0.717) is 23.5 Å². The van der Waals surface area contributed by atoms with E-state index in [1.165, 1.54) is 18.5 Å². The van der Waals surface area contributed by atoms with Crippen LogP contribution < -0.4 is 10.1 Å². The van der Waals surface area contributed by atoms with E-state index in [9.17, 15) is 9.18 Å². The summed E-state index contributed by atoms with van der Waals surface area (Å²) in [5, 5.41) is 3.37. The average molecular weight is 329 g/mol. The van der Waals surface area contributed by atoms with Gasteiger partial charge in [0.1, 0.15) is 23.3 Å². The van der Waals surface area contributed by atoms with Crippen LogP contribution in [0.2, 0.25) is 0 Å². The molecule has 0 aliphatic carbocycles. The Balaban J connectivity index is 1.61. The largest absolute Gasteiger partial charge is 0.467 e. The molecule has 0 aliphatic heterocycles. The Labute approximate surface area is 137 Å². The number of aromatic nitrogens is 2. The van der Waals surface area contributed by atoms with E-state index >= 15 is 0 Å². The maximum atomic E-state index is 12.8. The van der Waals surface area contributed by atoms with Gasteiger partial charge in [-0.05, 0) is 31.5 Å². The Morgan fingerprint density at radius 1 is 1.25 bits per heavy atom. The number of rotatable bonds is 5. The highest BCUT2D eigenvalue weighted by atomic mass is 19.1. The van der Waals surface area contributed by atoms with Crippen LogP contribution in [0.15, 0.2) is 35.0 Å². The zero-order chi connectivity index (χ0) is 17.1. The predicted octanol–water partition coefficient (Wildman–Crippen LogP) is 2.67. The van der Waals surface area contributed by atoms with Gasteiger partial charge in [0, 0.05) is 12.1 Å². The molecule has 0 saturated carbocycles. The van der Waals surface area contributed by atoms with E-state index in [4.69, 9.17) is 9.15 Å². The first kappa shape index (κ1) is 15.9. The van der Waals surface area contributed by atoms with Gasteiger partial charge in [-0.1, -0.05) is 12.1 Å². The third-order valence-corrected chi connectivity index (χ3v) is 3.67. The van der Waals surface area contributed by atoms with Gasteiger partial charge in [-0.3, -0.25) is 4.79 Å². The van der Waals surface area contributed by atoms with Crippen molar-refractivity contribution in [3.63, 3.8) is 0 Å². The van der Waals surface area contributed by atoms with E-state index in [-0.39, 0.29) is 18.3 Å². The molecule has 3 rings (SSSR count). The number of aryl methyl sites for hydroxylation is 2. The fraction of sp³-hybridized carbons (Fsp3) is 0.235. The normalized spacial score (nSPS) is 10.8. The molecular formula is C17H16FN3O3. The summed E-state index contributed by atoms with van der Waals surface area (Å²) >= 11 is 0. The summed E-state index contributed by atoms with van der Waals surface area (Å²) in [7, 11) is 0. The Hall–Kier alpha value is -2.96. The summed E-state index contributed by atoms with van der Waals surface area (Å²) in [4.78, 5) is 20.0. The number of fused-ring (bicyclic) bond motifs is 1. The number of hydrogen-bond donors (Lipinski definition) is 1. The van der Waals surface area contributed by atoms with Crippen molar-refractivity contribution in [2.45, 2.75) is 20.4 Å². The van der Waals surface area contributed by atoms with Crippen LogP contribution in [0.4, 0.5) is 4.39 Å². The molecule has 0 unspecified atom stereocenters. The second kappa shape index (κ2) is 6.66. The van der Waals surface area contributed by atoms with E-state index in [2.05, 4.69) is 15.3 Å². The summed E-state index contributed by atoms with van der Waals surface area (Å²) in [6, 6.07) is 5.92. The van der Waals surface area contributed by atoms with Crippen molar-refractivity contribution in [1.29, 1.82) is 0 Å². The first-order valence-electron chi connectivity index (χ1n) is 7.39. The Morgan fingerprint density at radius 2 is 2.00 bits per heavy atom. The third kappa shape index (κ3) is 3.34. The van der Waals surface area contributed by atoms with Gasteiger partial charge >= 0.3 is 0 Å². The molecule has 1 aromatic carbocycles. The maximum Gasteiger partial charge on any atom is 0.258 e. The maximum absolute atomic E-state index is 12.8. The number of nitrogens with zero attached hydrogens (tertiary/aromatic N) is 2. The molecule has 24 heavy (non-hydrogen) atoms. The average Bonchev–Trinajstić information content (AvgIpc) is 2.87. The lowest BCUT2D eigenvalue weighted by Gasteiger charge is -2.07. The highest BCUT2D eigenvalue weighted by Gasteiger charge is 2.15. The van der Waals surface area contributed by atoms with Crippen molar-refractivity contribution >= 4 is 17.0 Å². The molecule has 0 spiro atoms. The number of nitrogens with one attached hydrogen (secondary N) is 1. The van der Waals surface area contributed by atoms with Gasteiger partial charge in [-0.15, -0.1) is 0 Å². The van der Waals surface area contributed by atoms with Crippen LogP contribution >= 0.6 is 0 Å². The smallest absolute Gasteiger partial charge is 0.258 e. The van der Waals surface area contributed by atoms with Crippen LogP contribution in [0, 0.1) is 19.7 Å². The van der Waals surface area contributed by atoms with Crippen molar-refractivity contribution in [2.75, 3.05) is 6.61 Å². The minimum absolute atomic E-state index is 0.184. The Bertz CT molecular complexity index is 875. The van der Waals surface area contributed by atoms with E-state index in [1.54, 1.807) is 12.1 Å². The van der Waals surface area contributed by atoms with E-state index < -0.39 is 0 Å². The van der Waals surface area contributed by atoms with Crippen molar-refractivity contribution in [1.82, 2.24) is 15.3 Å². The molecule has 3 aromatic rings. The number of carbonyl (C=O) groups excluding carboxylic acids is 1. The summed E-state index contributed by atoms with van der Waals surface area (Å²) in [6.07, 6.45) is 1.33. The van der Waals surface area contributed by atoms with Crippen LogP contribution in [0.5, 0.6) is 5.88 Å². The monoisotopic (exact) mass is 329 g/mol. The number of benzene rings is 1. The standard InChI is InChI=1S/C17H16FN3O3/c1-10-11(2)24-17-15(10)16(20-9-21-17)23-8-14(22)19-7-12-3-5-13(18)6-4-12/h3-6,9H,7-8H2,1-2H3,(H,19,22). The molecule has 0 fully saturated rings. The lowest BCUT2D eigenvalue weighted by atomic mass is 10.2. The topological polar surface area (TPSA) is 77.2 Å². The van der Waals surface area contributed by atoms with E-state index in [0.717, 1.165) is 16.9 Å². The third-order valence-electron chi connectivity index (χ3n) is 3.67. The van der Waals surface area contributed by atoms with Crippen molar-refractivity contribution in [3.05, 3.63) is 53.3 Å². The molecule has 7 heteroatoms. The summed E-state index contributed by atoms with van der Waals surface area (Å²) in [5.41, 5.74) is 2.12. The number of hydrogen-bond acceptors (Lipinski definition) is 5. The second-order valence-electron chi connectivity index (χ2n) is 5.33. The molecule has 6 nitrogen and oxygen atoms in total. The van der Waals surface area contributed by atoms with Crippen LogP contribution in [-0.2, 0) is 11.3 Å². The summed E-state index contributed by atoms with van der Waals surface area (Å²) < 4.78 is 23.8. The Morgan fingerprint density at radius 3 is 2.75 bits per heavy atom. The van der Waals surface area contributed by atoms with Gasteiger partial charge in [0.2, 0.25) is 11.6 Å². The SMILES string of the molecule is Cc1oc2ncnc(OCC(=O)NCc3ccc(F)cc3)c2c1C. The van der Waals surface area contributed by atoms with Gasteiger partial charge in [-0.2, -0.15) is 0 Å². The van der Waals surface area contributed by atoms with Gasteiger partial charge in [0.25, 0.3) is 5.91 Å². The van der Waals surface area contributed by atoms with Crippen molar-refractivity contribution in [2.24, 2.45) is 0 Å². The molecule has 0 radical (unpaired) electrons. The lowest BCUT2D eigenvalue weighted by molar-refractivity contribution is -0.123. The highest BCUT2D eigenvalue weighted by Crippen LogP contribution is 2.29. The number of halogens is 1. The lowest BCUT2D eigenvalue weighted by Crippen LogP contribution is -2.28. The zero-order valence-electron chi connectivity index (χ0n) is 13.3. The fourth-order valence-corrected chi connectivity index (χ4v) is 2.25. The summed E-state index contributed by atoms with van der Waals surface area (Å²) in [5.74, 6) is 0.429. The molecule has 0 saturated heterocycles. The van der Waals surface area contributed by atoms with Crippen LogP contribution in [0.3, 0.4) is 0 Å². The molecule has 0 aliphatic rings. The van der Waals surface area contributed by atoms with Crippen LogP contribution in [-0.4, -0.2) is 22.5 Å². The van der Waals surface area contributed by atoms with Gasteiger partial charge in [0.05, 0.1) is 0 Å². The van der Waals surface area contributed by atoms with Gasteiger partial charge in [-0.25, -0.2) is 14.4 Å². The minimum atomic E-state index is -0.313. The minimum Gasteiger partial charge on any atom is -0.467 e. The quantitative estimate of drug-likeness (QED) is 0.779. The fourth-order valence-electron chi connectivity index (χ4n) is 2.25. The van der Waals surface area contributed by atoms with Crippen molar-refractivity contribution < 1.29 is 18.3 Å². The molecule has 2 heterocycles. The summed E-state index contributed by atoms with van der Waals surface area (Å²) in [6.45, 7) is 3.82. The number of furan rings is 1. The number of carbonyl (C=O) groups is 1. The molecule has 2 aromatic heterocycles. The molecule has 0 atom stereocenters. The first-order valence-corrected chi connectivity index (χ1v) is 7.39. The number of amides is 1. The molecule has 1 amide bonds. The van der Waals surface area contributed by atoms with Crippen LogP contribution in [0.1, 0.15) is 16.9 Å². The molecular weight excluding hydrogens is 313 g/mol. The zero-order valence-corrected chi connectivity index (χ0v) is 13.3. The van der Waals surface area contributed by atoms with Gasteiger partial charge < -0.3 is 14.5 Å². The van der Waals surface area contributed by atoms with Gasteiger partial charge in [0.15, 0.2) is 6.61 Å².